The van der Waals surface area contributed by atoms with Gasteiger partial charge in [0.05, 0.1) is 19.4 Å². The zero-order valence-corrected chi connectivity index (χ0v) is 17.1. The van der Waals surface area contributed by atoms with Gasteiger partial charge in [0.2, 0.25) is 5.91 Å². The van der Waals surface area contributed by atoms with Crippen molar-refractivity contribution < 1.29 is 14.3 Å². The third kappa shape index (κ3) is 5.10. The molecule has 1 heterocycles. The van der Waals surface area contributed by atoms with Crippen LogP contribution in [0.15, 0.2) is 47.8 Å². The van der Waals surface area contributed by atoms with Crippen LogP contribution in [-0.2, 0) is 11.2 Å². The summed E-state index contributed by atoms with van der Waals surface area (Å²) in [5.41, 5.74) is 4.15. The first-order valence-corrected chi connectivity index (χ1v) is 10.1. The highest BCUT2D eigenvalue weighted by molar-refractivity contribution is 7.14. The lowest BCUT2D eigenvalue weighted by atomic mass is 10.1. The highest BCUT2D eigenvalue weighted by atomic mass is 32.1. The van der Waals surface area contributed by atoms with E-state index in [1.165, 1.54) is 16.9 Å². The first-order valence-electron chi connectivity index (χ1n) is 9.21. The number of methoxy groups -OCH3 is 1. The van der Waals surface area contributed by atoms with E-state index in [1.54, 1.807) is 7.11 Å². The molecule has 0 fully saturated rings. The molecule has 146 valence electrons. The van der Waals surface area contributed by atoms with Gasteiger partial charge in [0.15, 0.2) is 16.6 Å². The second-order valence-corrected chi connectivity index (χ2v) is 7.23. The molecule has 0 saturated heterocycles. The molecule has 5 nitrogen and oxygen atoms in total. The minimum absolute atomic E-state index is 0.0577. The number of thiazole rings is 1. The maximum absolute atomic E-state index is 12.3. The van der Waals surface area contributed by atoms with Crippen LogP contribution in [0.1, 0.15) is 24.5 Å². The Hall–Kier alpha value is -2.86. The molecule has 1 N–H and O–H groups in total. The third-order valence-electron chi connectivity index (χ3n) is 4.27. The molecule has 0 spiro atoms. The van der Waals surface area contributed by atoms with Crippen LogP contribution in [0.2, 0.25) is 0 Å². The van der Waals surface area contributed by atoms with Crippen molar-refractivity contribution in [2.75, 3.05) is 19.0 Å². The molecule has 1 aromatic heterocycles. The fourth-order valence-corrected chi connectivity index (χ4v) is 3.51. The summed E-state index contributed by atoms with van der Waals surface area (Å²) in [6.07, 6.45) is 0.987. The average molecular weight is 397 g/mol. The zero-order chi connectivity index (χ0) is 19.9. The fraction of sp³-hybridized carbons (Fsp3) is 0.273. The van der Waals surface area contributed by atoms with Gasteiger partial charge < -0.3 is 14.8 Å². The number of hydrogen-bond donors (Lipinski definition) is 1. The summed E-state index contributed by atoms with van der Waals surface area (Å²) < 4.78 is 10.9. The van der Waals surface area contributed by atoms with Gasteiger partial charge in [-0.05, 0) is 38.0 Å². The van der Waals surface area contributed by atoms with Crippen molar-refractivity contribution in [1.82, 2.24) is 4.98 Å². The van der Waals surface area contributed by atoms with Gasteiger partial charge in [-0.2, -0.15) is 0 Å². The van der Waals surface area contributed by atoms with Crippen molar-refractivity contribution in [2.24, 2.45) is 0 Å². The molecule has 0 aliphatic heterocycles. The Morgan fingerprint density at radius 2 is 1.93 bits per heavy atom. The number of carbonyl (C=O) groups excluding carboxylic acids is 1. The van der Waals surface area contributed by atoms with Gasteiger partial charge in [-0.25, -0.2) is 4.98 Å². The summed E-state index contributed by atoms with van der Waals surface area (Å²) in [5, 5.41) is 5.46. The summed E-state index contributed by atoms with van der Waals surface area (Å²) in [7, 11) is 1.61. The first-order chi connectivity index (χ1) is 13.6. The molecular formula is C22H24N2O3S. The average Bonchev–Trinajstić information content (AvgIpc) is 3.16. The molecule has 0 atom stereocenters. The molecular weight excluding hydrogens is 372 g/mol. The lowest BCUT2D eigenvalue weighted by Crippen LogP contribution is -2.12. The Balaban J connectivity index is 1.57. The number of benzene rings is 2. The first kappa shape index (κ1) is 19.9. The lowest BCUT2D eigenvalue weighted by Gasteiger charge is -2.10. The molecule has 0 bridgehead atoms. The number of nitrogens with zero attached hydrogens (tertiary/aromatic N) is 1. The van der Waals surface area contributed by atoms with Crippen molar-refractivity contribution in [1.29, 1.82) is 0 Å². The normalized spacial score (nSPS) is 10.5. The number of aromatic nitrogens is 1. The Morgan fingerprint density at radius 3 is 2.64 bits per heavy atom. The molecule has 2 aromatic carbocycles. The smallest absolute Gasteiger partial charge is 0.226 e. The number of carbonyl (C=O) groups is 1. The van der Waals surface area contributed by atoms with E-state index in [0.717, 1.165) is 16.8 Å². The van der Waals surface area contributed by atoms with E-state index in [1.807, 2.05) is 42.6 Å². The van der Waals surface area contributed by atoms with Crippen molar-refractivity contribution in [3.8, 4) is 22.8 Å². The number of rotatable bonds is 8. The molecule has 0 saturated carbocycles. The van der Waals surface area contributed by atoms with E-state index in [0.29, 0.717) is 36.1 Å². The van der Waals surface area contributed by atoms with E-state index in [4.69, 9.17) is 9.47 Å². The molecule has 3 aromatic rings. The number of ether oxygens (including phenoxy) is 2. The maximum atomic E-state index is 12.3. The zero-order valence-electron chi connectivity index (χ0n) is 16.3. The van der Waals surface area contributed by atoms with Gasteiger partial charge in [-0.1, -0.05) is 35.9 Å². The molecule has 0 unspecified atom stereocenters. The minimum Gasteiger partial charge on any atom is -0.493 e. The number of aryl methyl sites for hydroxylation is 2. The van der Waals surface area contributed by atoms with Crippen LogP contribution in [0.5, 0.6) is 11.5 Å². The number of anilines is 1. The van der Waals surface area contributed by atoms with Gasteiger partial charge in [-0.3, -0.25) is 4.79 Å². The largest absolute Gasteiger partial charge is 0.493 e. The minimum atomic E-state index is -0.0577. The standard InChI is InChI=1S/C22H24N2O3S/c1-4-27-19-11-7-16(13-20(19)26-3)8-12-21(25)24-22-23-18(14-28-22)17-9-5-15(2)6-10-17/h5-7,9-11,13-14H,4,8,12H2,1-3H3,(H,23,24,25). The van der Waals surface area contributed by atoms with Crippen LogP contribution in [-0.4, -0.2) is 24.6 Å². The monoisotopic (exact) mass is 396 g/mol. The van der Waals surface area contributed by atoms with Gasteiger partial charge in [0.25, 0.3) is 0 Å². The highest BCUT2D eigenvalue weighted by Crippen LogP contribution is 2.29. The van der Waals surface area contributed by atoms with E-state index in [2.05, 4.69) is 29.4 Å². The molecule has 0 radical (unpaired) electrons. The van der Waals surface area contributed by atoms with Crippen molar-refractivity contribution in [3.05, 3.63) is 59.0 Å². The Morgan fingerprint density at radius 1 is 1.14 bits per heavy atom. The van der Waals surface area contributed by atoms with Gasteiger partial charge >= 0.3 is 0 Å². The van der Waals surface area contributed by atoms with Crippen molar-refractivity contribution in [2.45, 2.75) is 26.7 Å². The second-order valence-electron chi connectivity index (χ2n) is 6.37. The third-order valence-corrected chi connectivity index (χ3v) is 5.02. The van der Waals surface area contributed by atoms with E-state index >= 15 is 0 Å². The summed E-state index contributed by atoms with van der Waals surface area (Å²) in [6, 6.07) is 13.9. The number of nitrogens with one attached hydrogen (secondary N) is 1. The van der Waals surface area contributed by atoms with Crippen LogP contribution in [0, 0.1) is 6.92 Å². The predicted octanol–water partition coefficient (Wildman–Crippen LogP) is 5.10. The van der Waals surface area contributed by atoms with Crippen molar-refractivity contribution in [3.63, 3.8) is 0 Å². The van der Waals surface area contributed by atoms with Crippen LogP contribution < -0.4 is 14.8 Å². The van der Waals surface area contributed by atoms with Crippen LogP contribution in [0.4, 0.5) is 5.13 Å². The Kier molecular flexibility index (Phi) is 6.66. The molecule has 28 heavy (non-hydrogen) atoms. The summed E-state index contributed by atoms with van der Waals surface area (Å²) in [6.45, 7) is 4.56. The molecule has 6 heteroatoms. The SMILES string of the molecule is CCOc1ccc(CCC(=O)Nc2nc(-c3ccc(C)cc3)cs2)cc1OC. The summed E-state index contributed by atoms with van der Waals surface area (Å²) in [4.78, 5) is 16.8. The fourth-order valence-electron chi connectivity index (χ4n) is 2.77. The molecule has 0 aliphatic rings. The van der Waals surface area contributed by atoms with Crippen LogP contribution in [0.25, 0.3) is 11.3 Å². The van der Waals surface area contributed by atoms with E-state index < -0.39 is 0 Å². The van der Waals surface area contributed by atoms with E-state index in [9.17, 15) is 4.79 Å². The number of hydrogen-bond acceptors (Lipinski definition) is 5. The van der Waals surface area contributed by atoms with E-state index in [-0.39, 0.29) is 5.91 Å². The predicted molar refractivity (Wildman–Crippen MR) is 113 cm³/mol. The molecule has 3 rings (SSSR count). The summed E-state index contributed by atoms with van der Waals surface area (Å²) in [5.74, 6) is 1.34. The molecule has 0 aliphatic carbocycles. The maximum Gasteiger partial charge on any atom is 0.226 e. The lowest BCUT2D eigenvalue weighted by molar-refractivity contribution is -0.116. The van der Waals surface area contributed by atoms with Gasteiger partial charge in [-0.15, -0.1) is 11.3 Å². The quantitative estimate of drug-likeness (QED) is 0.576. The van der Waals surface area contributed by atoms with Crippen LogP contribution in [0.3, 0.4) is 0 Å². The summed E-state index contributed by atoms with van der Waals surface area (Å²) >= 11 is 1.43. The molecule has 1 amide bonds. The second kappa shape index (κ2) is 9.37. The van der Waals surface area contributed by atoms with Crippen LogP contribution >= 0.6 is 11.3 Å². The van der Waals surface area contributed by atoms with Crippen molar-refractivity contribution >= 4 is 22.4 Å². The van der Waals surface area contributed by atoms with Gasteiger partial charge in [0.1, 0.15) is 0 Å². The Labute approximate surface area is 169 Å². The highest BCUT2D eigenvalue weighted by Gasteiger charge is 2.10. The van der Waals surface area contributed by atoms with Gasteiger partial charge in [0, 0.05) is 17.4 Å². The number of amides is 1. The topological polar surface area (TPSA) is 60.5 Å². The Bertz CT molecular complexity index is 935.